The first kappa shape index (κ1) is 19.3. The number of ether oxygens (including phenoxy) is 3. The van der Waals surface area contributed by atoms with Gasteiger partial charge in [-0.25, -0.2) is 4.79 Å². The maximum Gasteiger partial charge on any atom is 0.328 e. The van der Waals surface area contributed by atoms with Crippen LogP contribution in [0.5, 0.6) is 11.5 Å². The Bertz CT molecular complexity index is 763. The van der Waals surface area contributed by atoms with Crippen molar-refractivity contribution in [2.24, 2.45) is 0 Å². The van der Waals surface area contributed by atoms with Gasteiger partial charge in [-0.15, -0.1) is 0 Å². The average molecular weight is 430 g/mol. The van der Waals surface area contributed by atoms with Crippen molar-refractivity contribution in [1.29, 1.82) is 0 Å². The molecule has 2 amide bonds. The number of carbonyl (C=O) groups is 3. The third-order valence-electron chi connectivity index (χ3n) is 3.54. The van der Waals surface area contributed by atoms with Crippen LogP contribution in [0.4, 0.5) is 4.79 Å². The van der Waals surface area contributed by atoms with E-state index in [0.717, 1.165) is 16.7 Å². The van der Waals surface area contributed by atoms with Crippen molar-refractivity contribution < 1.29 is 28.6 Å². The minimum absolute atomic E-state index is 0.191. The second-order valence-electron chi connectivity index (χ2n) is 4.98. The van der Waals surface area contributed by atoms with Crippen LogP contribution in [-0.2, 0) is 14.3 Å². The predicted octanol–water partition coefficient (Wildman–Crippen LogP) is 3.06. The Morgan fingerprint density at radius 2 is 1.84 bits per heavy atom. The highest BCUT2D eigenvalue weighted by Crippen LogP contribution is 2.38. The Balaban J connectivity index is 2.40. The summed E-state index contributed by atoms with van der Waals surface area (Å²) >= 11 is 4.13. The zero-order valence-corrected chi connectivity index (χ0v) is 16.4. The van der Waals surface area contributed by atoms with E-state index in [0.29, 0.717) is 21.5 Å². The summed E-state index contributed by atoms with van der Waals surface area (Å²) in [7, 11) is 4.22. The highest BCUT2D eigenvalue weighted by atomic mass is 79.9. The number of thioether (sulfide) groups is 1. The van der Waals surface area contributed by atoms with Crippen LogP contribution in [0, 0.1) is 0 Å². The molecule has 0 N–H and O–H groups in total. The number of amides is 2. The monoisotopic (exact) mass is 429 g/mol. The van der Waals surface area contributed by atoms with E-state index in [2.05, 4.69) is 20.7 Å². The summed E-state index contributed by atoms with van der Waals surface area (Å²) in [5, 5.41) is -0.527. The molecule has 0 radical (unpaired) electrons. The standard InChI is InChI=1S/C16H16BrNO6S/c1-8(15(20)24-4)18-14(19)13(25-16(18)21)6-9-5-10(17)12(23-3)7-11(9)22-2/h5-8H,1-4H3/b13-6+. The molecule has 7 nitrogen and oxygen atoms in total. The van der Waals surface area contributed by atoms with E-state index in [1.165, 1.54) is 34.3 Å². The van der Waals surface area contributed by atoms with Gasteiger partial charge >= 0.3 is 5.97 Å². The van der Waals surface area contributed by atoms with Crippen molar-refractivity contribution in [3.8, 4) is 11.5 Å². The van der Waals surface area contributed by atoms with Crippen LogP contribution in [0.2, 0.25) is 0 Å². The van der Waals surface area contributed by atoms with E-state index in [-0.39, 0.29) is 4.91 Å². The average Bonchev–Trinajstić information content (AvgIpc) is 2.87. The topological polar surface area (TPSA) is 82.1 Å². The number of carbonyl (C=O) groups excluding carboxylic acids is 3. The van der Waals surface area contributed by atoms with Crippen molar-refractivity contribution in [2.75, 3.05) is 21.3 Å². The first-order chi connectivity index (χ1) is 11.8. The molecular weight excluding hydrogens is 414 g/mol. The third-order valence-corrected chi connectivity index (χ3v) is 5.05. The molecule has 1 heterocycles. The van der Waals surface area contributed by atoms with Crippen molar-refractivity contribution in [1.82, 2.24) is 4.90 Å². The van der Waals surface area contributed by atoms with Gasteiger partial charge < -0.3 is 14.2 Å². The summed E-state index contributed by atoms with van der Waals surface area (Å²) in [6.07, 6.45) is 1.54. The number of imide groups is 1. The van der Waals surface area contributed by atoms with Gasteiger partial charge in [-0.1, -0.05) is 0 Å². The lowest BCUT2D eigenvalue weighted by atomic mass is 10.1. The molecule has 1 unspecified atom stereocenters. The van der Waals surface area contributed by atoms with E-state index >= 15 is 0 Å². The number of nitrogens with zero attached hydrogens (tertiary/aromatic N) is 1. The summed E-state index contributed by atoms with van der Waals surface area (Å²) in [6, 6.07) is 2.39. The highest BCUT2D eigenvalue weighted by Gasteiger charge is 2.41. The van der Waals surface area contributed by atoms with E-state index in [1.807, 2.05) is 0 Å². The van der Waals surface area contributed by atoms with Gasteiger partial charge in [0.25, 0.3) is 11.1 Å². The van der Waals surface area contributed by atoms with Gasteiger partial charge in [0, 0.05) is 11.6 Å². The molecule has 0 aliphatic carbocycles. The Hall–Kier alpha value is -2.00. The van der Waals surface area contributed by atoms with Gasteiger partial charge in [-0.05, 0) is 46.8 Å². The molecule has 1 aromatic carbocycles. The second-order valence-corrected chi connectivity index (χ2v) is 6.83. The molecule has 0 aromatic heterocycles. The predicted molar refractivity (Wildman–Crippen MR) is 96.5 cm³/mol. The van der Waals surface area contributed by atoms with Gasteiger partial charge in [0.15, 0.2) is 0 Å². The lowest BCUT2D eigenvalue weighted by Crippen LogP contribution is -2.42. The molecule has 2 rings (SSSR count). The van der Waals surface area contributed by atoms with Crippen LogP contribution >= 0.6 is 27.7 Å². The number of hydrogen-bond acceptors (Lipinski definition) is 7. The number of esters is 1. The SMILES string of the molecule is COC(=O)C(C)N1C(=O)S/C(=C/c2cc(Br)c(OC)cc2OC)C1=O. The fourth-order valence-corrected chi connectivity index (χ4v) is 3.65. The molecular formula is C16H16BrNO6S. The number of rotatable bonds is 5. The van der Waals surface area contributed by atoms with Gasteiger partial charge in [0.05, 0.1) is 30.7 Å². The number of benzene rings is 1. The lowest BCUT2D eigenvalue weighted by molar-refractivity contribution is -0.148. The Morgan fingerprint density at radius 1 is 1.20 bits per heavy atom. The Kier molecular flexibility index (Phi) is 6.12. The third kappa shape index (κ3) is 3.82. The minimum atomic E-state index is -0.993. The molecule has 1 fully saturated rings. The first-order valence-corrected chi connectivity index (χ1v) is 8.71. The maximum absolute atomic E-state index is 12.5. The summed E-state index contributed by atoms with van der Waals surface area (Å²) in [4.78, 5) is 37.4. The smallest absolute Gasteiger partial charge is 0.328 e. The second kappa shape index (κ2) is 7.92. The van der Waals surface area contributed by atoms with Crippen LogP contribution < -0.4 is 9.47 Å². The normalized spacial score (nSPS) is 17.0. The van der Waals surface area contributed by atoms with Crippen LogP contribution in [0.1, 0.15) is 12.5 Å². The van der Waals surface area contributed by atoms with Gasteiger partial charge in [0.1, 0.15) is 17.5 Å². The molecule has 134 valence electrons. The van der Waals surface area contributed by atoms with Crippen LogP contribution in [0.25, 0.3) is 6.08 Å². The zero-order valence-electron chi connectivity index (χ0n) is 14.0. The Labute approximate surface area is 157 Å². The summed E-state index contributed by atoms with van der Waals surface area (Å²) < 4.78 is 15.8. The molecule has 0 spiro atoms. The fraction of sp³-hybridized carbons (Fsp3) is 0.312. The molecule has 1 aromatic rings. The van der Waals surface area contributed by atoms with Gasteiger partial charge in [0.2, 0.25) is 0 Å². The highest BCUT2D eigenvalue weighted by molar-refractivity contribution is 9.10. The summed E-state index contributed by atoms with van der Waals surface area (Å²) in [5.74, 6) is -0.163. The first-order valence-electron chi connectivity index (χ1n) is 7.10. The molecule has 1 aliphatic rings. The van der Waals surface area contributed by atoms with E-state index in [9.17, 15) is 14.4 Å². The maximum atomic E-state index is 12.5. The molecule has 1 saturated heterocycles. The summed E-state index contributed by atoms with van der Waals surface area (Å²) in [6.45, 7) is 1.44. The van der Waals surface area contributed by atoms with Crippen molar-refractivity contribution >= 4 is 50.9 Å². The minimum Gasteiger partial charge on any atom is -0.496 e. The molecule has 9 heteroatoms. The van der Waals surface area contributed by atoms with Crippen LogP contribution in [0.15, 0.2) is 21.5 Å². The molecule has 1 aliphatic heterocycles. The largest absolute Gasteiger partial charge is 0.496 e. The van der Waals surface area contributed by atoms with Crippen LogP contribution in [-0.4, -0.2) is 49.4 Å². The number of methoxy groups -OCH3 is 3. The van der Waals surface area contributed by atoms with Crippen molar-refractivity contribution in [3.63, 3.8) is 0 Å². The molecule has 0 bridgehead atoms. The van der Waals surface area contributed by atoms with Gasteiger partial charge in [-0.3, -0.25) is 14.5 Å². The quantitative estimate of drug-likeness (QED) is 0.525. The van der Waals surface area contributed by atoms with Crippen molar-refractivity contribution in [3.05, 3.63) is 27.1 Å². The fourth-order valence-electron chi connectivity index (χ4n) is 2.23. The Morgan fingerprint density at radius 3 is 2.40 bits per heavy atom. The van der Waals surface area contributed by atoms with Crippen LogP contribution in [0.3, 0.4) is 0 Å². The van der Waals surface area contributed by atoms with Gasteiger partial charge in [-0.2, -0.15) is 0 Å². The summed E-state index contributed by atoms with van der Waals surface area (Å²) in [5.41, 5.74) is 0.589. The van der Waals surface area contributed by atoms with E-state index < -0.39 is 23.2 Å². The van der Waals surface area contributed by atoms with Crippen molar-refractivity contribution in [2.45, 2.75) is 13.0 Å². The molecule has 25 heavy (non-hydrogen) atoms. The molecule has 0 saturated carbocycles. The van der Waals surface area contributed by atoms with E-state index in [4.69, 9.17) is 9.47 Å². The zero-order chi connectivity index (χ0) is 18.7. The number of hydrogen-bond donors (Lipinski definition) is 0. The molecule has 1 atom stereocenters. The number of halogens is 1. The lowest BCUT2D eigenvalue weighted by Gasteiger charge is -2.18. The van der Waals surface area contributed by atoms with E-state index in [1.54, 1.807) is 12.1 Å².